The van der Waals surface area contributed by atoms with Gasteiger partial charge in [0.2, 0.25) is 0 Å². The van der Waals surface area contributed by atoms with E-state index < -0.39 is 0 Å². The molecular weight excluding hydrogens is 236 g/mol. The summed E-state index contributed by atoms with van der Waals surface area (Å²) in [7, 11) is 0. The molecule has 3 atom stereocenters. The van der Waals surface area contributed by atoms with E-state index in [9.17, 15) is 0 Å². The van der Waals surface area contributed by atoms with E-state index in [4.69, 9.17) is 4.74 Å². The second-order valence-corrected chi connectivity index (χ2v) is 7.07. The summed E-state index contributed by atoms with van der Waals surface area (Å²) in [5.74, 6) is 0. The zero-order chi connectivity index (χ0) is 13.3. The van der Waals surface area contributed by atoms with E-state index in [1.807, 2.05) is 0 Å². The highest BCUT2D eigenvalue weighted by molar-refractivity contribution is 4.93. The van der Waals surface area contributed by atoms with Gasteiger partial charge in [0.15, 0.2) is 0 Å². The van der Waals surface area contributed by atoms with Gasteiger partial charge in [0.05, 0.1) is 11.7 Å². The van der Waals surface area contributed by atoms with Crippen LogP contribution in [0.5, 0.6) is 0 Å². The maximum atomic E-state index is 6.38. The molecule has 3 unspecified atom stereocenters. The second-order valence-electron chi connectivity index (χ2n) is 7.07. The fourth-order valence-electron chi connectivity index (χ4n) is 4.37. The Kier molecular flexibility index (Phi) is 4.16. The van der Waals surface area contributed by atoms with Crippen molar-refractivity contribution in [3.63, 3.8) is 0 Å². The molecule has 2 heterocycles. The van der Waals surface area contributed by atoms with Crippen LogP contribution in [0.1, 0.15) is 71.6 Å². The summed E-state index contributed by atoms with van der Waals surface area (Å²) in [6.07, 6.45) is 12.4. The first kappa shape index (κ1) is 13.8. The van der Waals surface area contributed by atoms with Crippen LogP contribution in [-0.4, -0.2) is 35.3 Å². The van der Waals surface area contributed by atoms with E-state index in [1.54, 1.807) is 0 Å². The lowest BCUT2D eigenvalue weighted by Gasteiger charge is -2.39. The Labute approximate surface area is 118 Å². The van der Waals surface area contributed by atoms with Crippen LogP contribution in [0.25, 0.3) is 0 Å². The molecular formula is C16H30N2O. The van der Waals surface area contributed by atoms with Crippen LogP contribution < -0.4 is 5.43 Å². The van der Waals surface area contributed by atoms with Crippen LogP contribution in [0.4, 0.5) is 0 Å². The van der Waals surface area contributed by atoms with E-state index in [0.717, 1.165) is 6.54 Å². The van der Waals surface area contributed by atoms with Gasteiger partial charge in [-0.15, -0.1) is 0 Å². The van der Waals surface area contributed by atoms with E-state index in [0.29, 0.717) is 18.2 Å². The number of nitrogens with one attached hydrogen (secondary N) is 1. The maximum absolute atomic E-state index is 6.38. The van der Waals surface area contributed by atoms with Crippen LogP contribution >= 0.6 is 0 Å². The van der Waals surface area contributed by atoms with Gasteiger partial charge < -0.3 is 4.74 Å². The lowest BCUT2D eigenvalue weighted by molar-refractivity contribution is -0.0498. The van der Waals surface area contributed by atoms with Gasteiger partial charge in [-0.1, -0.05) is 19.3 Å². The minimum atomic E-state index is 0.283. The fraction of sp³-hybridized carbons (Fsp3) is 1.00. The molecule has 0 aromatic heterocycles. The second kappa shape index (κ2) is 5.71. The zero-order valence-electron chi connectivity index (χ0n) is 12.7. The van der Waals surface area contributed by atoms with E-state index >= 15 is 0 Å². The summed E-state index contributed by atoms with van der Waals surface area (Å²) in [4.78, 5) is 0. The quantitative estimate of drug-likeness (QED) is 0.848. The number of piperidine rings is 1. The molecule has 3 nitrogen and oxygen atoms in total. The monoisotopic (exact) mass is 266 g/mol. The molecule has 0 bridgehead atoms. The highest BCUT2D eigenvalue weighted by Crippen LogP contribution is 2.43. The third kappa shape index (κ3) is 2.98. The Morgan fingerprint density at radius 2 is 1.68 bits per heavy atom. The van der Waals surface area contributed by atoms with Crippen LogP contribution in [-0.2, 0) is 4.74 Å². The predicted molar refractivity (Wildman–Crippen MR) is 77.9 cm³/mol. The van der Waals surface area contributed by atoms with Gasteiger partial charge in [-0.05, 0) is 52.4 Å². The summed E-state index contributed by atoms with van der Waals surface area (Å²) in [6.45, 7) is 5.70. The molecule has 0 aromatic carbocycles. The van der Waals surface area contributed by atoms with Gasteiger partial charge in [0, 0.05) is 18.6 Å². The molecule has 3 aliphatic rings. The average Bonchev–Trinajstić information content (AvgIpc) is 3.00. The highest BCUT2D eigenvalue weighted by Gasteiger charge is 2.42. The van der Waals surface area contributed by atoms with E-state index in [-0.39, 0.29) is 5.60 Å². The SMILES string of the molecule is CC1CCCC(C)N1NCC1CCC2(CCCC2)O1. The van der Waals surface area contributed by atoms with Crippen LogP contribution in [0, 0.1) is 0 Å². The average molecular weight is 266 g/mol. The molecule has 1 saturated carbocycles. The molecule has 1 N–H and O–H groups in total. The maximum Gasteiger partial charge on any atom is 0.0722 e. The third-order valence-electron chi connectivity index (χ3n) is 5.55. The van der Waals surface area contributed by atoms with E-state index in [1.165, 1.54) is 57.8 Å². The Balaban J connectivity index is 1.47. The largest absolute Gasteiger partial charge is 0.370 e. The normalized spacial score (nSPS) is 39.2. The minimum absolute atomic E-state index is 0.283. The highest BCUT2D eigenvalue weighted by atomic mass is 16.5. The summed E-state index contributed by atoms with van der Waals surface area (Å²) >= 11 is 0. The standard InChI is InChI=1S/C16H30N2O/c1-13-6-5-7-14(2)18(13)17-12-15-8-11-16(19-15)9-3-4-10-16/h13-15,17H,3-12H2,1-2H3. The van der Waals surface area contributed by atoms with Gasteiger partial charge in [0.1, 0.15) is 0 Å². The first-order chi connectivity index (χ1) is 9.19. The van der Waals surface area contributed by atoms with Gasteiger partial charge in [-0.25, -0.2) is 5.01 Å². The van der Waals surface area contributed by atoms with Gasteiger partial charge in [-0.2, -0.15) is 0 Å². The van der Waals surface area contributed by atoms with E-state index in [2.05, 4.69) is 24.3 Å². The van der Waals surface area contributed by atoms with Crippen molar-refractivity contribution < 1.29 is 4.74 Å². The summed E-state index contributed by atoms with van der Waals surface area (Å²) in [6, 6.07) is 1.34. The zero-order valence-corrected chi connectivity index (χ0v) is 12.7. The van der Waals surface area contributed by atoms with Crippen molar-refractivity contribution >= 4 is 0 Å². The number of rotatable bonds is 3. The molecule has 3 heteroatoms. The summed E-state index contributed by atoms with van der Waals surface area (Å²) in [5.41, 5.74) is 3.96. The topological polar surface area (TPSA) is 24.5 Å². The van der Waals surface area contributed by atoms with Crippen molar-refractivity contribution in [3.8, 4) is 0 Å². The van der Waals surface area contributed by atoms with Crippen molar-refractivity contribution in [2.75, 3.05) is 6.54 Å². The summed E-state index contributed by atoms with van der Waals surface area (Å²) < 4.78 is 6.38. The molecule has 110 valence electrons. The molecule has 2 aliphatic heterocycles. The Morgan fingerprint density at radius 3 is 2.37 bits per heavy atom. The van der Waals surface area contributed by atoms with Gasteiger partial charge >= 0.3 is 0 Å². The third-order valence-corrected chi connectivity index (χ3v) is 5.55. The van der Waals surface area contributed by atoms with Gasteiger partial charge in [-0.3, -0.25) is 5.43 Å². The van der Waals surface area contributed by atoms with Crippen molar-refractivity contribution in [2.24, 2.45) is 0 Å². The summed E-state index contributed by atoms with van der Waals surface area (Å²) in [5, 5.41) is 2.48. The molecule has 0 radical (unpaired) electrons. The fourth-order valence-corrected chi connectivity index (χ4v) is 4.37. The number of nitrogens with zero attached hydrogens (tertiary/aromatic N) is 1. The lowest BCUT2D eigenvalue weighted by atomic mass is 9.98. The molecule has 2 saturated heterocycles. The molecule has 1 spiro atoms. The smallest absolute Gasteiger partial charge is 0.0722 e. The predicted octanol–water partition coefficient (Wildman–Crippen LogP) is 3.25. The number of hydrazine groups is 1. The van der Waals surface area contributed by atoms with Crippen molar-refractivity contribution in [1.29, 1.82) is 0 Å². The van der Waals surface area contributed by atoms with Crippen LogP contribution in [0.3, 0.4) is 0 Å². The molecule has 3 rings (SSSR count). The van der Waals surface area contributed by atoms with Crippen LogP contribution in [0.2, 0.25) is 0 Å². The molecule has 0 amide bonds. The minimum Gasteiger partial charge on any atom is -0.370 e. The Hall–Kier alpha value is -0.120. The number of ether oxygens (including phenoxy) is 1. The molecule has 1 aliphatic carbocycles. The first-order valence-corrected chi connectivity index (χ1v) is 8.38. The molecule has 3 fully saturated rings. The van der Waals surface area contributed by atoms with Crippen molar-refractivity contribution in [3.05, 3.63) is 0 Å². The number of hydrogen-bond acceptors (Lipinski definition) is 3. The molecule has 0 aromatic rings. The van der Waals surface area contributed by atoms with Crippen molar-refractivity contribution in [1.82, 2.24) is 10.4 Å². The van der Waals surface area contributed by atoms with Crippen molar-refractivity contribution in [2.45, 2.75) is 95.4 Å². The van der Waals surface area contributed by atoms with Gasteiger partial charge in [0.25, 0.3) is 0 Å². The van der Waals surface area contributed by atoms with Crippen LogP contribution in [0.15, 0.2) is 0 Å². The first-order valence-electron chi connectivity index (χ1n) is 8.38. The Morgan fingerprint density at radius 1 is 1.00 bits per heavy atom. The Bertz CT molecular complexity index is 291. The number of hydrogen-bond donors (Lipinski definition) is 1. The molecule has 19 heavy (non-hydrogen) atoms. The lowest BCUT2D eigenvalue weighted by Crippen LogP contribution is -2.53.